The highest BCUT2D eigenvalue weighted by molar-refractivity contribution is 5.58. The molecular weight excluding hydrogens is 254 g/mol. The first-order valence-corrected chi connectivity index (χ1v) is 7.23. The molecular formula is C15H19N3O2. The number of aryl methyl sites for hydroxylation is 1. The van der Waals surface area contributed by atoms with Gasteiger partial charge < -0.3 is 9.63 Å². The Hall–Kier alpha value is -1.75. The molecule has 1 N–H and O–H groups in total. The van der Waals surface area contributed by atoms with Gasteiger partial charge in [-0.2, -0.15) is 4.98 Å². The Kier molecular flexibility index (Phi) is 3.78. The highest BCUT2D eigenvalue weighted by atomic mass is 16.5. The van der Waals surface area contributed by atoms with Crippen LogP contribution < -0.4 is 0 Å². The van der Waals surface area contributed by atoms with E-state index < -0.39 is 0 Å². The Morgan fingerprint density at radius 1 is 1.30 bits per heavy atom. The molecule has 0 bridgehead atoms. The van der Waals surface area contributed by atoms with Crippen molar-refractivity contribution < 1.29 is 9.63 Å². The molecule has 0 saturated heterocycles. The van der Waals surface area contributed by atoms with Gasteiger partial charge in [0.2, 0.25) is 11.7 Å². The van der Waals surface area contributed by atoms with Gasteiger partial charge in [0.15, 0.2) is 0 Å². The maximum absolute atomic E-state index is 9.55. The van der Waals surface area contributed by atoms with Gasteiger partial charge in [-0.1, -0.05) is 12.1 Å². The van der Waals surface area contributed by atoms with Crippen LogP contribution in [0, 0.1) is 0 Å². The monoisotopic (exact) mass is 273 g/mol. The first-order chi connectivity index (χ1) is 9.78. The van der Waals surface area contributed by atoms with E-state index in [1.807, 2.05) is 12.3 Å². The van der Waals surface area contributed by atoms with E-state index in [0.717, 1.165) is 43.2 Å². The summed E-state index contributed by atoms with van der Waals surface area (Å²) in [7, 11) is 0. The average Bonchev–Trinajstić information content (AvgIpc) is 2.97. The van der Waals surface area contributed by atoms with Gasteiger partial charge in [-0.3, -0.25) is 4.98 Å². The van der Waals surface area contributed by atoms with Crippen LogP contribution in [0.15, 0.2) is 23.0 Å². The third-order valence-electron chi connectivity index (χ3n) is 4.01. The predicted octanol–water partition coefficient (Wildman–Crippen LogP) is 2.71. The van der Waals surface area contributed by atoms with Crippen LogP contribution >= 0.6 is 0 Å². The Morgan fingerprint density at radius 2 is 2.10 bits per heavy atom. The number of aliphatic hydroxyl groups is 1. The van der Waals surface area contributed by atoms with Crippen LogP contribution in [0.4, 0.5) is 0 Å². The van der Waals surface area contributed by atoms with E-state index in [0.29, 0.717) is 11.7 Å². The topological polar surface area (TPSA) is 72.0 Å². The van der Waals surface area contributed by atoms with Crippen LogP contribution in [0.3, 0.4) is 0 Å². The number of rotatable bonds is 3. The Balaban J connectivity index is 1.83. The molecule has 0 radical (unpaired) electrons. The second-order valence-corrected chi connectivity index (χ2v) is 5.35. The van der Waals surface area contributed by atoms with Crippen molar-refractivity contribution in [2.75, 3.05) is 0 Å². The molecule has 20 heavy (non-hydrogen) atoms. The van der Waals surface area contributed by atoms with Crippen molar-refractivity contribution in [1.82, 2.24) is 15.1 Å². The fourth-order valence-corrected chi connectivity index (χ4v) is 2.76. The summed E-state index contributed by atoms with van der Waals surface area (Å²) in [4.78, 5) is 8.68. The average molecular weight is 273 g/mol. The summed E-state index contributed by atoms with van der Waals surface area (Å²) in [6, 6.07) is 1.93. The minimum absolute atomic E-state index is 0.166. The van der Waals surface area contributed by atoms with E-state index in [-0.39, 0.29) is 12.0 Å². The smallest absolute Gasteiger partial charge is 0.230 e. The zero-order valence-electron chi connectivity index (χ0n) is 11.6. The summed E-state index contributed by atoms with van der Waals surface area (Å²) in [5.41, 5.74) is 2.12. The quantitative estimate of drug-likeness (QED) is 0.930. The third kappa shape index (κ3) is 2.58. The van der Waals surface area contributed by atoms with Crippen LogP contribution in [0.2, 0.25) is 0 Å². The summed E-state index contributed by atoms with van der Waals surface area (Å²) >= 11 is 0. The van der Waals surface area contributed by atoms with Crippen molar-refractivity contribution in [2.45, 2.75) is 51.0 Å². The molecule has 0 spiro atoms. The predicted molar refractivity (Wildman–Crippen MR) is 74.1 cm³/mol. The molecule has 1 fully saturated rings. The van der Waals surface area contributed by atoms with Crippen LogP contribution in [-0.2, 0) is 6.42 Å². The lowest BCUT2D eigenvalue weighted by molar-refractivity contribution is 0.116. The zero-order valence-corrected chi connectivity index (χ0v) is 11.6. The van der Waals surface area contributed by atoms with Crippen molar-refractivity contribution in [3.05, 3.63) is 29.9 Å². The summed E-state index contributed by atoms with van der Waals surface area (Å²) in [5.74, 6) is 1.63. The number of aromatic nitrogens is 3. The van der Waals surface area contributed by atoms with E-state index in [2.05, 4.69) is 22.0 Å². The van der Waals surface area contributed by atoms with Gasteiger partial charge in [-0.05, 0) is 43.7 Å². The summed E-state index contributed by atoms with van der Waals surface area (Å²) in [6.07, 6.45) is 7.79. The van der Waals surface area contributed by atoms with Gasteiger partial charge in [-0.15, -0.1) is 0 Å². The Morgan fingerprint density at radius 3 is 2.85 bits per heavy atom. The number of hydrogen-bond acceptors (Lipinski definition) is 5. The Labute approximate surface area is 118 Å². The molecule has 1 aliphatic carbocycles. The minimum atomic E-state index is -0.166. The molecule has 3 rings (SSSR count). The SMILES string of the molecule is CCc1cnccc1-c1noc(C2CCC(O)CC2)n1. The molecule has 0 atom stereocenters. The lowest BCUT2D eigenvalue weighted by Crippen LogP contribution is -2.17. The molecule has 0 unspecified atom stereocenters. The molecule has 0 aromatic carbocycles. The van der Waals surface area contributed by atoms with Gasteiger partial charge in [-0.25, -0.2) is 0 Å². The number of pyridine rings is 1. The first kappa shape index (κ1) is 13.2. The van der Waals surface area contributed by atoms with Crippen molar-refractivity contribution in [3.8, 4) is 11.4 Å². The molecule has 1 saturated carbocycles. The van der Waals surface area contributed by atoms with Crippen molar-refractivity contribution in [2.24, 2.45) is 0 Å². The first-order valence-electron chi connectivity index (χ1n) is 7.23. The van der Waals surface area contributed by atoms with Gasteiger partial charge in [0.25, 0.3) is 0 Å². The molecule has 0 amide bonds. The van der Waals surface area contributed by atoms with Crippen LogP contribution in [0.25, 0.3) is 11.4 Å². The molecule has 1 aliphatic rings. The second kappa shape index (κ2) is 5.71. The van der Waals surface area contributed by atoms with E-state index in [9.17, 15) is 5.11 Å². The number of hydrogen-bond donors (Lipinski definition) is 1. The van der Waals surface area contributed by atoms with Crippen molar-refractivity contribution >= 4 is 0 Å². The van der Waals surface area contributed by atoms with Crippen LogP contribution in [0.5, 0.6) is 0 Å². The minimum Gasteiger partial charge on any atom is -0.393 e. The van der Waals surface area contributed by atoms with Gasteiger partial charge in [0.05, 0.1) is 6.10 Å². The maximum Gasteiger partial charge on any atom is 0.230 e. The highest BCUT2D eigenvalue weighted by Crippen LogP contribution is 2.33. The molecule has 2 heterocycles. The molecule has 5 nitrogen and oxygen atoms in total. The van der Waals surface area contributed by atoms with E-state index in [1.165, 1.54) is 0 Å². The van der Waals surface area contributed by atoms with Crippen molar-refractivity contribution in [3.63, 3.8) is 0 Å². The van der Waals surface area contributed by atoms with E-state index >= 15 is 0 Å². The summed E-state index contributed by atoms with van der Waals surface area (Å²) in [5, 5.41) is 13.7. The Bertz CT molecular complexity index is 574. The van der Waals surface area contributed by atoms with E-state index in [1.54, 1.807) is 6.20 Å². The molecule has 0 aliphatic heterocycles. The number of nitrogens with zero attached hydrogens (tertiary/aromatic N) is 3. The summed E-state index contributed by atoms with van der Waals surface area (Å²) in [6.45, 7) is 2.09. The summed E-state index contributed by atoms with van der Waals surface area (Å²) < 4.78 is 5.43. The van der Waals surface area contributed by atoms with Crippen LogP contribution in [-0.4, -0.2) is 26.3 Å². The van der Waals surface area contributed by atoms with E-state index in [4.69, 9.17) is 4.52 Å². The third-order valence-corrected chi connectivity index (χ3v) is 4.01. The fraction of sp³-hybridized carbons (Fsp3) is 0.533. The lowest BCUT2D eigenvalue weighted by atomic mass is 9.87. The fourth-order valence-electron chi connectivity index (χ4n) is 2.76. The second-order valence-electron chi connectivity index (χ2n) is 5.35. The van der Waals surface area contributed by atoms with Gasteiger partial charge in [0, 0.05) is 23.9 Å². The number of aliphatic hydroxyl groups excluding tert-OH is 1. The maximum atomic E-state index is 9.55. The molecule has 2 aromatic rings. The van der Waals surface area contributed by atoms with Gasteiger partial charge in [0.1, 0.15) is 0 Å². The standard InChI is InChI=1S/C15H19N3O2/c1-2-10-9-16-8-7-13(10)14-17-15(20-18-14)11-3-5-12(19)6-4-11/h7-9,11-12,19H,2-6H2,1H3. The van der Waals surface area contributed by atoms with Gasteiger partial charge >= 0.3 is 0 Å². The largest absolute Gasteiger partial charge is 0.393 e. The molecule has 2 aromatic heterocycles. The zero-order chi connectivity index (χ0) is 13.9. The highest BCUT2D eigenvalue weighted by Gasteiger charge is 2.25. The molecule has 5 heteroatoms. The van der Waals surface area contributed by atoms with Crippen LogP contribution in [0.1, 0.15) is 50.0 Å². The molecule has 106 valence electrons. The van der Waals surface area contributed by atoms with Crippen molar-refractivity contribution in [1.29, 1.82) is 0 Å². The lowest BCUT2D eigenvalue weighted by Gasteiger charge is -2.22. The normalized spacial score (nSPS) is 22.9.